The highest BCUT2D eigenvalue weighted by molar-refractivity contribution is 7.89. The number of sulfonamides is 1. The number of fused-ring (bicyclic) bond motifs is 1. The van der Waals surface area contributed by atoms with Crippen molar-refractivity contribution in [2.75, 3.05) is 32.4 Å². The molecule has 1 fully saturated rings. The average Bonchev–Trinajstić information content (AvgIpc) is 3.52. The number of amides is 2. The Morgan fingerprint density at radius 1 is 0.979 bits per heavy atom. The van der Waals surface area contributed by atoms with Crippen molar-refractivity contribution in [1.82, 2.24) is 20.7 Å². The van der Waals surface area contributed by atoms with Crippen molar-refractivity contribution in [3.63, 3.8) is 0 Å². The van der Waals surface area contributed by atoms with Gasteiger partial charge in [0, 0.05) is 24.5 Å². The topological polar surface area (TPSA) is 126 Å². The molecule has 2 aliphatic carbocycles. The van der Waals surface area contributed by atoms with Gasteiger partial charge in [0.05, 0.1) is 5.75 Å². The normalized spacial score (nSPS) is 24.2. The van der Waals surface area contributed by atoms with E-state index in [1.54, 1.807) is 0 Å². The molecular weight excluding hydrogens is 625 g/mol. The molecule has 0 aliphatic heterocycles. The van der Waals surface area contributed by atoms with E-state index in [4.69, 9.17) is 0 Å². The van der Waals surface area contributed by atoms with Crippen molar-refractivity contribution in [2.24, 2.45) is 16.7 Å². The minimum atomic E-state index is -3.56. The predicted molar refractivity (Wildman–Crippen MR) is 194 cm³/mol. The van der Waals surface area contributed by atoms with Crippen LogP contribution in [0.3, 0.4) is 0 Å². The molecule has 4 atom stereocenters. The quantitative estimate of drug-likeness (QED) is 0.118. The number of unbranched alkanes of at least 4 members (excludes halogenated alkanes) is 1. The Morgan fingerprint density at radius 2 is 1.67 bits per heavy atom. The average molecular weight is 685 g/mol. The third-order valence-corrected chi connectivity index (χ3v) is 13.1. The molecule has 0 saturated heterocycles. The third kappa shape index (κ3) is 9.82. The van der Waals surface area contributed by atoms with Crippen LogP contribution in [0.4, 0.5) is 4.79 Å². The first-order valence-electron chi connectivity index (χ1n) is 17.7. The van der Waals surface area contributed by atoms with Crippen LogP contribution in [-0.4, -0.2) is 59.4 Å². The predicted octanol–water partition coefficient (Wildman–Crippen LogP) is 6.08. The summed E-state index contributed by atoms with van der Waals surface area (Å²) in [5.41, 5.74) is 3.05. The summed E-state index contributed by atoms with van der Waals surface area (Å²) in [6, 6.07) is 17.8. The van der Waals surface area contributed by atoms with Crippen molar-refractivity contribution in [3.8, 4) is 0 Å². The fraction of sp³-hybridized carbons (Fsp3) is 0.632. The van der Waals surface area contributed by atoms with E-state index in [-0.39, 0.29) is 34.6 Å². The van der Waals surface area contributed by atoms with Gasteiger partial charge in [-0.3, -0.25) is 4.79 Å². The molecule has 0 spiro atoms. The second-order valence-electron chi connectivity index (χ2n) is 14.2. The van der Waals surface area contributed by atoms with E-state index in [0.29, 0.717) is 32.6 Å². The zero-order valence-electron chi connectivity index (χ0n) is 30.1. The summed E-state index contributed by atoms with van der Waals surface area (Å²) in [4.78, 5) is 22.6. The lowest BCUT2D eigenvalue weighted by Gasteiger charge is -2.46. The molecule has 2 aliphatic rings. The van der Waals surface area contributed by atoms with E-state index >= 15 is 0 Å². The standard InChI is InChI=1S/C30H52N4O3S.C8H8O2/c1-7-29(16-15-24-13-9-10-14-25(24)29)17-20-33-38(36,37)22-30(8-2)26(21-23(3)28(30,4)5)34-27(35)32-19-12-11-18-31-6;9-7-10-6-8-4-2-1-3-5-8/h9-10,13-14,23,26,31,33H,7-8,11-12,15-22H2,1-6H3,(H2,32,34,35);1-5,7H,6H2. The second-order valence-corrected chi connectivity index (χ2v) is 16.0. The summed E-state index contributed by atoms with van der Waals surface area (Å²) >= 11 is 0. The summed E-state index contributed by atoms with van der Waals surface area (Å²) in [5.74, 6) is 0.313. The lowest BCUT2D eigenvalue weighted by atomic mass is 9.63. The van der Waals surface area contributed by atoms with Crippen molar-refractivity contribution in [3.05, 3.63) is 71.3 Å². The van der Waals surface area contributed by atoms with Crippen LogP contribution < -0.4 is 20.7 Å². The molecule has 0 radical (unpaired) electrons. The van der Waals surface area contributed by atoms with Gasteiger partial charge in [-0.2, -0.15) is 0 Å². The first kappa shape index (κ1) is 39.5. The number of rotatable bonds is 17. The number of benzene rings is 2. The molecule has 4 rings (SSSR count). The summed E-state index contributed by atoms with van der Waals surface area (Å²) in [7, 11) is -1.64. The fourth-order valence-corrected chi connectivity index (χ4v) is 10.0. The van der Waals surface area contributed by atoms with Crippen LogP contribution in [0.2, 0.25) is 0 Å². The molecule has 1 saturated carbocycles. The van der Waals surface area contributed by atoms with Gasteiger partial charge in [-0.1, -0.05) is 89.2 Å². The molecule has 48 heavy (non-hydrogen) atoms. The van der Waals surface area contributed by atoms with E-state index in [9.17, 15) is 18.0 Å². The molecule has 10 heteroatoms. The van der Waals surface area contributed by atoms with Gasteiger partial charge < -0.3 is 20.7 Å². The fourth-order valence-electron chi connectivity index (χ4n) is 8.05. The van der Waals surface area contributed by atoms with Crippen molar-refractivity contribution < 1.29 is 22.7 Å². The molecule has 0 aromatic heterocycles. The van der Waals surface area contributed by atoms with E-state index in [1.807, 2.05) is 37.4 Å². The zero-order chi connectivity index (χ0) is 35.3. The Morgan fingerprint density at radius 3 is 2.33 bits per heavy atom. The zero-order valence-corrected chi connectivity index (χ0v) is 30.9. The molecule has 4 N–H and O–H groups in total. The van der Waals surface area contributed by atoms with Gasteiger partial charge in [0.2, 0.25) is 10.0 Å². The Balaban J connectivity index is 0.000000533. The van der Waals surface area contributed by atoms with Gasteiger partial charge in [0.15, 0.2) is 0 Å². The van der Waals surface area contributed by atoms with E-state index in [1.165, 1.54) is 11.1 Å². The van der Waals surface area contributed by atoms with Crippen LogP contribution in [0, 0.1) is 16.7 Å². The summed E-state index contributed by atoms with van der Waals surface area (Å²) < 4.78 is 34.8. The van der Waals surface area contributed by atoms with Gasteiger partial charge in [0.1, 0.15) is 6.61 Å². The van der Waals surface area contributed by atoms with E-state index in [2.05, 4.69) is 84.3 Å². The maximum Gasteiger partial charge on any atom is 0.315 e. The molecular formula is C38H60N4O5S. The third-order valence-electron chi connectivity index (χ3n) is 11.5. The van der Waals surface area contributed by atoms with E-state index < -0.39 is 15.4 Å². The monoisotopic (exact) mass is 684 g/mol. The maximum atomic E-state index is 13.6. The highest BCUT2D eigenvalue weighted by Gasteiger charge is 2.59. The minimum Gasteiger partial charge on any atom is -0.463 e. The number of carbonyl (C=O) groups excluding carboxylic acids is 2. The highest BCUT2D eigenvalue weighted by atomic mass is 32.2. The molecule has 268 valence electrons. The Bertz CT molecular complexity index is 1400. The Labute approximate surface area is 289 Å². The molecule has 9 nitrogen and oxygen atoms in total. The lowest BCUT2D eigenvalue weighted by Crippen LogP contribution is -2.56. The first-order chi connectivity index (χ1) is 22.9. The van der Waals surface area contributed by atoms with Crippen LogP contribution in [0.15, 0.2) is 54.6 Å². The molecule has 0 heterocycles. The van der Waals surface area contributed by atoms with Gasteiger partial charge in [-0.15, -0.1) is 0 Å². The number of aryl methyl sites for hydroxylation is 1. The smallest absolute Gasteiger partial charge is 0.315 e. The summed E-state index contributed by atoms with van der Waals surface area (Å²) in [6.45, 7) is 13.6. The van der Waals surface area contributed by atoms with Crippen LogP contribution in [0.1, 0.15) is 96.3 Å². The van der Waals surface area contributed by atoms with Crippen LogP contribution in [0.5, 0.6) is 0 Å². The minimum absolute atomic E-state index is 0.0245. The van der Waals surface area contributed by atoms with Gasteiger partial charge in [-0.05, 0) is 98.4 Å². The van der Waals surface area contributed by atoms with Crippen LogP contribution in [0.25, 0.3) is 0 Å². The highest BCUT2D eigenvalue weighted by Crippen LogP contribution is 2.58. The SMILES string of the molecule is CCC1(CCNS(=O)(=O)CC2(CC)C(NC(=O)NCCCCNC)CC(C)C2(C)C)CCc2ccccc21.O=COCc1ccccc1. The number of urea groups is 1. The maximum absolute atomic E-state index is 13.6. The molecule has 0 bridgehead atoms. The Kier molecular flexibility index (Phi) is 14.9. The summed E-state index contributed by atoms with van der Waals surface area (Å²) in [6.07, 6.45) is 7.31. The van der Waals surface area contributed by atoms with Crippen molar-refractivity contribution in [1.29, 1.82) is 0 Å². The van der Waals surface area contributed by atoms with Crippen molar-refractivity contribution in [2.45, 2.75) is 104 Å². The number of nitrogens with one attached hydrogen (secondary N) is 4. The lowest BCUT2D eigenvalue weighted by molar-refractivity contribution is -0.129. The van der Waals surface area contributed by atoms with Crippen LogP contribution in [-0.2, 0) is 38.0 Å². The number of ether oxygens (including phenoxy) is 1. The number of hydrogen-bond donors (Lipinski definition) is 4. The number of carbonyl (C=O) groups is 2. The van der Waals surface area contributed by atoms with Crippen molar-refractivity contribution >= 4 is 22.5 Å². The van der Waals surface area contributed by atoms with Gasteiger partial charge in [0.25, 0.3) is 6.47 Å². The summed E-state index contributed by atoms with van der Waals surface area (Å²) in [5, 5.41) is 9.28. The molecule has 2 amide bonds. The Hall–Kier alpha value is -2.95. The molecule has 4 unspecified atom stereocenters. The molecule has 2 aromatic rings. The van der Waals surface area contributed by atoms with Crippen LogP contribution >= 0.6 is 0 Å². The van der Waals surface area contributed by atoms with Gasteiger partial charge in [-0.25, -0.2) is 17.9 Å². The molecule has 2 aromatic carbocycles. The second kappa shape index (κ2) is 18.2. The number of hydrogen-bond acceptors (Lipinski definition) is 6. The largest absolute Gasteiger partial charge is 0.463 e. The van der Waals surface area contributed by atoms with E-state index in [0.717, 1.165) is 57.1 Å². The van der Waals surface area contributed by atoms with Gasteiger partial charge >= 0.3 is 6.03 Å². The first-order valence-corrected chi connectivity index (χ1v) is 19.4.